The van der Waals surface area contributed by atoms with E-state index in [1.54, 1.807) is 37.2 Å². The summed E-state index contributed by atoms with van der Waals surface area (Å²) in [5.74, 6) is 0. The number of benzene rings is 17. The Balaban J connectivity index is 0.000000104. The Kier molecular flexibility index (Phi) is 15.0. The summed E-state index contributed by atoms with van der Waals surface area (Å²) < 4.78 is 7.03. The number of aromatic nitrogens is 9. The van der Waals surface area contributed by atoms with Crippen molar-refractivity contribution in [2.24, 2.45) is 0 Å². The number of hydrogen-bond acceptors (Lipinski definition) is 6. The van der Waals surface area contributed by atoms with E-state index in [4.69, 9.17) is 29.9 Å². The predicted molar refractivity (Wildman–Crippen MR) is 453 cm³/mol. The fraction of sp³-hybridized carbons (Fsp3) is 0. The predicted octanol–water partition coefficient (Wildman–Crippen LogP) is 25.5. The average Bonchev–Trinajstić information content (AvgIpc) is 1.35. The molecule has 0 saturated carbocycles. The van der Waals surface area contributed by atoms with Gasteiger partial charge in [0.1, 0.15) is 16.6 Å². The Morgan fingerprint density at radius 1 is 0.156 bits per heavy atom. The molecule has 0 aliphatic rings. The molecular weight excluding hydrogens is 1330 g/mol. The first-order valence-corrected chi connectivity index (χ1v) is 36.8. The maximum Gasteiger partial charge on any atom is 0.113 e. The summed E-state index contributed by atoms with van der Waals surface area (Å²) in [4.78, 5) is 29.0. The molecule has 0 amide bonds. The van der Waals surface area contributed by atoms with Gasteiger partial charge < -0.3 is 13.7 Å². The monoisotopic (exact) mass is 1390 g/mol. The second kappa shape index (κ2) is 26.1. The highest BCUT2D eigenvalue weighted by Crippen LogP contribution is 2.43. The van der Waals surface area contributed by atoms with Crippen LogP contribution in [0.4, 0.5) is 0 Å². The number of fused-ring (bicyclic) bond motifs is 16. The van der Waals surface area contributed by atoms with Crippen LogP contribution in [0.25, 0.3) is 203 Å². The summed E-state index contributed by atoms with van der Waals surface area (Å²) >= 11 is 0. The van der Waals surface area contributed by atoms with Gasteiger partial charge in [0.15, 0.2) is 0 Å². The largest absolute Gasteiger partial charge is 0.307 e. The molecular formula is C100H63N9. The molecule has 23 aromatic rings. The molecule has 0 aliphatic heterocycles. The molecule has 0 spiro atoms. The standard InChI is InChI=1S/C36H23N3.C34H21N3.C30H19N3/c1-2-8-24(9-3-1)25-14-16-26(17-15-25)29-18-19-33(36-35(29)37-20-21-38-36)39-32-13-7-6-12-30(32)31-22-27-10-4-5-11-28(27)23-34(31)39;1-2-8-23-19-26(14-13-22(23)7-1)27-15-16-31(34-33(27)35-17-18-36-34)37-30-12-6-5-11-28(30)29-20-24-9-3-4-10-25(24)21-32(29)37;1-2-8-20(9-3-1)23-14-15-27(30-29(23)31-16-17-32-30)33-26-13-7-6-12-24(26)25-18-21-10-4-5-11-22(21)19-28(25)33/h1-23H;1-21H;1-19H. The topological polar surface area (TPSA) is 92.1 Å². The molecule has 0 unspecified atom stereocenters. The summed E-state index contributed by atoms with van der Waals surface area (Å²) in [6.45, 7) is 0. The summed E-state index contributed by atoms with van der Waals surface area (Å²) in [6.07, 6.45) is 10.7. The van der Waals surface area contributed by atoms with Gasteiger partial charge in [-0.25, -0.2) is 0 Å². The quantitative estimate of drug-likeness (QED) is 0.158. The zero-order valence-corrected chi connectivity index (χ0v) is 58.9. The van der Waals surface area contributed by atoms with Gasteiger partial charge in [-0.15, -0.1) is 0 Å². The molecule has 9 nitrogen and oxygen atoms in total. The third kappa shape index (κ3) is 10.7. The lowest BCUT2D eigenvalue weighted by molar-refractivity contribution is 1.17. The highest BCUT2D eigenvalue weighted by molar-refractivity contribution is 6.18. The third-order valence-electron chi connectivity index (χ3n) is 21.6. The number of rotatable bonds is 7. The molecule has 0 saturated heterocycles. The van der Waals surface area contributed by atoms with Gasteiger partial charge in [0, 0.05) is 86.2 Å². The van der Waals surface area contributed by atoms with Crippen molar-refractivity contribution in [2.45, 2.75) is 0 Å². The Bertz CT molecular complexity index is 7550. The zero-order chi connectivity index (χ0) is 71.9. The molecule has 6 aromatic heterocycles. The van der Waals surface area contributed by atoms with Crippen LogP contribution in [0.5, 0.6) is 0 Å². The van der Waals surface area contributed by atoms with Crippen molar-refractivity contribution in [3.05, 3.63) is 383 Å². The van der Waals surface area contributed by atoms with Crippen LogP contribution in [-0.4, -0.2) is 43.6 Å². The molecule has 0 bridgehead atoms. The van der Waals surface area contributed by atoms with E-state index in [1.165, 1.54) is 114 Å². The Morgan fingerprint density at radius 2 is 0.422 bits per heavy atom. The van der Waals surface area contributed by atoms with Crippen LogP contribution in [0.3, 0.4) is 0 Å². The van der Waals surface area contributed by atoms with Crippen LogP contribution < -0.4 is 0 Å². The number of nitrogens with zero attached hydrogens (tertiary/aromatic N) is 9. The van der Waals surface area contributed by atoms with Gasteiger partial charge in [-0.05, 0) is 168 Å². The Labute approximate surface area is 625 Å². The lowest BCUT2D eigenvalue weighted by Gasteiger charge is -2.14. The van der Waals surface area contributed by atoms with Crippen LogP contribution in [0.1, 0.15) is 0 Å². The number of para-hydroxylation sites is 3. The molecule has 17 aromatic carbocycles. The van der Waals surface area contributed by atoms with Gasteiger partial charge in [0.2, 0.25) is 0 Å². The molecule has 23 rings (SSSR count). The SMILES string of the molecule is c1ccc(-c2ccc(-c3ccc(-n4c5ccccc5c5cc6ccccc6cc54)c4nccnc34)cc2)cc1.c1ccc(-c2ccc(-n3c4ccccc4c4cc5ccccc5cc43)c3nccnc23)cc1.c1ccc2cc(-c3ccc(-n4c5ccccc5c5cc6ccccc6cc54)c4nccnc34)ccc2c1. The van der Waals surface area contributed by atoms with Gasteiger partial charge in [0.05, 0.1) is 66.7 Å². The van der Waals surface area contributed by atoms with Gasteiger partial charge >= 0.3 is 0 Å². The minimum atomic E-state index is 0.887. The maximum absolute atomic E-state index is 4.88. The minimum Gasteiger partial charge on any atom is -0.307 e. The molecule has 9 heteroatoms. The van der Waals surface area contributed by atoms with E-state index in [9.17, 15) is 0 Å². The van der Waals surface area contributed by atoms with Crippen LogP contribution in [-0.2, 0) is 0 Å². The van der Waals surface area contributed by atoms with Gasteiger partial charge in [-0.2, -0.15) is 0 Å². The fourth-order valence-corrected chi connectivity index (χ4v) is 16.6. The molecule has 0 N–H and O–H groups in total. The normalized spacial score (nSPS) is 11.7. The second-order valence-corrected chi connectivity index (χ2v) is 27.7. The Hall–Kier alpha value is -14.8. The summed E-state index contributed by atoms with van der Waals surface area (Å²) in [5.41, 5.74) is 24.6. The maximum atomic E-state index is 4.88. The van der Waals surface area contributed by atoms with Crippen molar-refractivity contribution in [2.75, 3.05) is 0 Å². The molecule has 0 aliphatic carbocycles. The highest BCUT2D eigenvalue weighted by atomic mass is 15.0. The van der Waals surface area contributed by atoms with Crippen molar-refractivity contribution < 1.29 is 0 Å². The van der Waals surface area contributed by atoms with E-state index in [0.717, 1.165) is 89.1 Å². The van der Waals surface area contributed by atoms with Crippen LogP contribution >= 0.6 is 0 Å². The average molecular weight is 1390 g/mol. The molecule has 0 radical (unpaired) electrons. The zero-order valence-electron chi connectivity index (χ0n) is 58.9. The van der Waals surface area contributed by atoms with E-state index in [1.807, 2.05) is 12.1 Å². The van der Waals surface area contributed by atoms with Gasteiger partial charge in [-0.3, -0.25) is 29.9 Å². The lowest BCUT2D eigenvalue weighted by atomic mass is 9.99. The van der Waals surface area contributed by atoms with Crippen molar-refractivity contribution in [1.82, 2.24) is 43.6 Å². The second-order valence-electron chi connectivity index (χ2n) is 27.7. The van der Waals surface area contributed by atoms with E-state index in [0.29, 0.717) is 0 Å². The van der Waals surface area contributed by atoms with Crippen molar-refractivity contribution >= 4 is 142 Å². The first-order chi connectivity index (χ1) is 54.1. The van der Waals surface area contributed by atoms with Gasteiger partial charge in [-0.1, -0.05) is 249 Å². The van der Waals surface area contributed by atoms with E-state index in [-0.39, 0.29) is 0 Å². The van der Waals surface area contributed by atoms with Crippen molar-refractivity contribution in [3.8, 4) is 61.6 Å². The van der Waals surface area contributed by atoms with Gasteiger partial charge in [0.25, 0.3) is 0 Å². The van der Waals surface area contributed by atoms with Crippen LogP contribution in [0, 0.1) is 0 Å². The lowest BCUT2D eigenvalue weighted by Crippen LogP contribution is -1.99. The van der Waals surface area contributed by atoms with Crippen molar-refractivity contribution in [1.29, 1.82) is 0 Å². The van der Waals surface area contributed by atoms with E-state index >= 15 is 0 Å². The van der Waals surface area contributed by atoms with Crippen LogP contribution in [0.15, 0.2) is 383 Å². The van der Waals surface area contributed by atoms with E-state index in [2.05, 4.69) is 347 Å². The summed E-state index contributed by atoms with van der Waals surface area (Å²) in [6, 6.07) is 123. The first kappa shape index (κ1) is 62.7. The fourth-order valence-electron chi connectivity index (χ4n) is 16.6. The third-order valence-corrected chi connectivity index (χ3v) is 21.6. The smallest absolute Gasteiger partial charge is 0.113 e. The van der Waals surface area contributed by atoms with Crippen LogP contribution in [0.2, 0.25) is 0 Å². The molecule has 6 heterocycles. The number of hydrogen-bond donors (Lipinski definition) is 0. The summed E-state index contributed by atoms with van der Waals surface area (Å²) in [7, 11) is 0. The Morgan fingerprint density at radius 3 is 0.807 bits per heavy atom. The van der Waals surface area contributed by atoms with E-state index < -0.39 is 0 Å². The minimum absolute atomic E-state index is 0.887. The van der Waals surface area contributed by atoms with Crippen molar-refractivity contribution in [3.63, 3.8) is 0 Å². The molecule has 508 valence electrons. The summed E-state index contributed by atoms with van der Waals surface area (Å²) in [5, 5.41) is 17.3. The first-order valence-electron chi connectivity index (χ1n) is 36.8. The molecule has 0 atom stereocenters. The molecule has 0 fully saturated rings. The molecule has 109 heavy (non-hydrogen) atoms. The highest BCUT2D eigenvalue weighted by Gasteiger charge is 2.23.